The second kappa shape index (κ2) is 8.37. The number of carbonyl (C=O) groups is 3. The van der Waals surface area contributed by atoms with Gasteiger partial charge in [-0.1, -0.05) is 0 Å². The Hall–Kier alpha value is -0.791. The minimum absolute atomic E-state index is 0.154. The standard InChI is InChI=1S/3C3H6O2.Sn.H/c3*1-2-3(4)5;;/h3*2H2,1H3,(H,4,5);;/q;;;+3;/p-3. The molecule has 0 amide bonds. The SMILES string of the molecule is CCC(=O)[O][SnH]([O]C(=O)CC)[O]C(=O)CC. The summed E-state index contributed by atoms with van der Waals surface area (Å²) < 4.78 is 14.5. The third kappa shape index (κ3) is 6.65. The van der Waals surface area contributed by atoms with E-state index in [2.05, 4.69) is 0 Å². The van der Waals surface area contributed by atoms with E-state index in [-0.39, 0.29) is 19.3 Å². The van der Waals surface area contributed by atoms with Crippen LogP contribution in [-0.4, -0.2) is 38.9 Å². The fourth-order valence-electron chi connectivity index (χ4n) is 0.644. The Morgan fingerprint density at radius 3 is 1.19 bits per heavy atom. The van der Waals surface area contributed by atoms with Crippen molar-refractivity contribution in [1.29, 1.82) is 0 Å². The zero-order valence-electron chi connectivity index (χ0n) is 9.65. The molecule has 0 heterocycles. The van der Waals surface area contributed by atoms with E-state index < -0.39 is 38.9 Å². The van der Waals surface area contributed by atoms with Crippen LogP contribution >= 0.6 is 0 Å². The predicted octanol–water partition coefficient (Wildman–Crippen LogP) is 0.563. The van der Waals surface area contributed by atoms with Crippen molar-refractivity contribution >= 4 is 38.9 Å². The molecule has 6 nitrogen and oxygen atoms in total. The zero-order chi connectivity index (χ0) is 12.6. The van der Waals surface area contributed by atoms with Crippen LogP contribution in [0, 0.1) is 0 Å². The van der Waals surface area contributed by atoms with Gasteiger partial charge in [-0.25, -0.2) is 0 Å². The van der Waals surface area contributed by atoms with E-state index in [0.717, 1.165) is 0 Å². The Balaban J connectivity index is 4.31. The second-order valence-electron chi connectivity index (χ2n) is 2.82. The van der Waals surface area contributed by atoms with Crippen LogP contribution in [0.15, 0.2) is 0 Å². The Bertz CT molecular complexity index is 222. The molecule has 0 aliphatic carbocycles. The normalized spacial score (nSPS) is 9.75. The summed E-state index contributed by atoms with van der Waals surface area (Å²) in [6.07, 6.45) is 0.461. The van der Waals surface area contributed by atoms with Crippen LogP contribution in [0.25, 0.3) is 0 Å². The summed E-state index contributed by atoms with van der Waals surface area (Å²) in [4.78, 5) is 33.0. The third-order valence-corrected chi connectivity index (χ3v) is 5.45. The van der Waals surface area contributed by atoms with Crippen molar-refractivity contribution in [1.82, 2.24) is 0 Å². The summed E-state index contributed by atoms with van der Waals surface area (Å²) in [5.74, 6) is -1.56. The van der Waals surface area contributed by atoms with E-state index >= 15 is 0 Å². The van der Waals surface area contributed by atoms with Crippen molar-refractivity contribution in [2.45, 2.75) is 40.0 Å². The van der Waals surface area contributed by atoms with E-state index in [1.165, 1.54) is 0 Å². The molecule has 0 N–H and O–H groups in total. The van der Waals surface area contributed by atoms with Gasteiger partial charge in [-0.2, -0.15) is 0 Å². The van der Waals surface area contributed by atoms with Gasteiger partial charge >= 0.3 is 103 Å². The Morgan fingerprint density at radius 1 is 0.750 bits per heavy atom. The molecule has 0 saturated carbocycles. The fourth-order valence-corrected chi connectivity index (χ4v) is 4.32. The monoisotopic (exact) mass is 340 g/mol. The van der Waals surface area contributed by atoms with Crippen molar-refractivity contribution in [3.63, 3.8) is 0 Å². The average Bonchev–Trinajstić information content (AvgIpc) is 2.28. The molecule has 0 saturated heterocycles. The van der Waals surface area contributed by atoms with Gasteiger partial charge in [0.2, 0.25) is 0 Å². The molecular weight excluding hydrogens is 323 g/mol. The second-order valence-corrected chi connectivity index (χ2v) is 6.48. The number of carbonyl (C=O) groups excluding carboxylic acids is 3. The molecule has 16 heavy (non-hydrogen) atoms. The topological polar surface area (TPSA) is 78.9 Å². The summed E-state index contributed by atoms with van der Waals surface area (Å²) in [6, 6.07) is 0. The van der Waals surface area contributed by atoms with Gasteiger partial charge in [0.25, 0.3) is 0 Å². The zero-order valence-corrected chi connectivity index (χ0v) is 12.9. The molecule has 0 bridgehead atoms. The van der Waals surface area contributed by atoms with E-state index in [4.69, 9.17) is 9.22 Å². The van der Waals surface area contributed by atoms with Gasteiger partial charge in [-0.05, 0) is 0 Å². The van der Waals surface area contributed by atoms with Gasteiger partial charge in [0.05, 0.1) is 0 Å². The van der Waals surface area contributed by atoms with E-state index in [1.807, 2.05) is 0 Å². The van der Waals surface area contributed by atoms with Crippen molar-refractivity contribution in [2.75, 3.05) is 0 Å². The fraction of sp³-hybridized carbons (Fsp3) is 0.667. The summed E-state index contributed by atoms with van der Waals surface area (Å²) in [5.41, 5.74) is 0. The maximum absolute atomic E-state index is 11.0. The quantitative estimate of drug-likeness (QED) is 0.658. The van der Waals surface area contributed by atoms with Gasteiger partial charge < -0.3 is 0 Å². The molecular formula is C9H16O6Sn. The van der Waals surface area contributed by atoms with Crippen molar-refractivity contribution in [3.05, 3.63) is 0 Å². The molecule has 0 aliphatic rings. The van der Waals surface area contributed by atoms with Crippen LogP contribution < -0.4 is 0 Å². The molecule has 0 aromatic heterocycles. The van der Waals surface area contributed by atoms with Gasteiger partial charge in [0, 0.05) is 0 Å². The molecule has 0 aliphatic heterocycles. The van der Waals surface area contributed by atoms with E-state index in [9.17, 15) is 14.4 Å². The van der Waals surface area contributed by atoms with Crippen molar-refractivity contribution < 1.29 is 23.6 Å². The minimum atomic E-state index is -3.74. The molecule has 0 radical (unpaired) electrons. The Kier molecular flexibility index (Phi) is 7.96. The van der Waals surface area contributed by atoms with Gasteiger partial charge in [0.15, 0.2) is 0 Å². The predicted molar refractivity (Wildman–Crippen MR) is 56.3 cm³/mol. The first-order valence-corrected chi connectivity index (χ1v) is 9.15. The summed E-state index contributed by atoms with van der Waals surface area (Å²) in [6.45, 7) is 4.82. The van der Waals surface area contributed by atoms with Crippen molar-refractivity contribution in [2.24, 2.45) is 0 Å². The average molecular weight is 339 g/mol. The van der Waals surface area contributed by atoms with Crippen LogP contribution in [0.1, 0.15) is 40.0 Å². The van der Waals surface area contributed by atoms with Crippen LogP contribution in [-0.2, 0) is 23.6 Å². The molecule has 0 aromatic carbocycles. The molecule has 0 spiro atoms. The molecule has 0 rings (SSSR count). The molecule has 0 unspecified atom stereocenters. The Morgan fingerprint density at radius 2 is 1.00 bits per heavy atom. The number of rotatable bonds is 6. The summed E-state index contributed by atoms with van der Waals surface area (Å²) in [5, 5.41) is 0. The van der Waals surface area contributed by atoms with Crippen LogP contribution in [0.5, 0.6) is 0 Å². The van der Waals surface area contributed by atoms with Crippen LogP contribution in [0.3, 0.4) is 0 Å². The molecule has 0 atom stereocenters. The molecule has 0 fully saturated rings. The first kappa shape index (κ1) is 15.2. The van der Waals surface area contributed by atoms with E-state index in [1.54, 1.807) is 20.8 Å². The molecule has 0 aromatic rings. The summed E-state index contributed by atoms with van der Waals surface area (Å²) >= 11 is -3.74. The first-order chi connectivity index (χ1) is 7.53. The van der Waals surface area contributed by atoms with E-state index in [0.29, 0.717) is 0 Å². The first-order valence-electron chi connectivity index (χ1n) is 5.11. The summed E-state index contributed by atoms with van der Waals surface area (Å²) in [7, 11) is 0. The number of hydrogen-bond acceptors (Lipinski definition) is 6. The molecule has 7 heteroatoms. The third-order valence-electron chi connectivity index (χ3n) is 1.55. The van der Waals surface area contributed by atoms with Gasteiger partial charge in [-0.3, -0.25) is 0 Å². The van der Waals surface area contributed by atoms with Gasteiger partial charge in [0.1, 0.15) is 0 Å². The molecule has 92 valence electrons. The van der Waals surface area contributed by atoms with Crippen molar-refractivity contribution in [3.8, 4) is 0 Å². The van der Waals surface area contributed by atoms with Gasteiger partial charge in [-0.15, -0.1) is 0 Å². The van der Waals surface area contributed by atoms with Crippen LogP contribution in [0.4, 0.5) is 0 Å². The number of hydrogen-bond donors (Lipinski definition) is 0. The Labute approximate surface area is 103 Å². The maximum atomic E-state index is 11.0. The van der Waals surface area contributed by atoms with Crippen LogP contribution in [0.2, 0.25) is 0 Å².